The van der Waals surface area contributed by atoms with Crippen molar-refractivity contribution in [3.8, 4) is 6.07 Å². The van der Waals surface area contributed by atoms with Gasteiger partial charge < -0.3 is 9.42 Å². The lowest BCUT2D eigenvalue weighted by molar-refractivity contribution is -0.211. The summed E-state index contributed by atoms with van der Waals surface area (Å²) >= 11 is 0. The second-order valence-electron chi connectivity index (χ2n) is 13.1. The Hall–Kier alpha value is -2.75. The molecule has 1 aromatic carbocycles. The zero-order chi connectivity index (χ0) is 25.3. The van der Waals surface area contributed by atoms with Crippen LogP contribution in [0.25, 0.3) is 0 Å². The van der Waals surface area contributed by atoms with Gasteiger partial charge in [0.25, 0.3) is 0 Å². The molecule has 2 aromatic rings. The van der Waals surface area contributed by atoms with E-state index < -0.39 is 11.1 Å². The van der Waals surface area contributed by atoms with Crippen molar-refractivity contribution in [1.29, 1.82) is 5.26 Å². The molecule has 0 spiro atoms. The van der Waals surface area contributed by atoms with Crippen LogP contribution >= 0.6 is 0 Å². The Kier molecular flexibility index (Phi) is 5.17. The maximum atomic E-state index is 14.3. The van der Waals surface area contributed by atoms with Gasteiger partial charge in [0.05, 0.1) is 17.0 Å². The van der Waals surface area contributed by atoms with Crippen molar-refractivity contribution in [2.24, 2.45) is 17.3 Å². The molecule has 0 aliphatic heterocycles. The summed E-state index contributed by atoms with van der Waals surface area (Å²) in [5.74, 6) is 2.40. The van der Waals surface area contributed by atoms with Crippen LogP contribution in [0.15, 0.2) is 28.8 Å². The van der Waals surface area contributed by atoms with E-state index in [-0.39, 0.29) is 16.7 Å². The predicted octanol–water partition coefficient (Wildman–Crippen LogP) is 6.00. The number of hydrogen-bond donors (Lipinski definition) is 0. The molecule has 5 fully saturated rings. The molecule has 36 heavy (non-hydrogen) atoms. The number of benzene rings is 1. The van der Waals surface area contributed by atoms with Gasteiger partial charge in [-0.2, -0.15) is 10.2 Å². The van der Waals surface area contributed by atoms with Crippen molar-refractivity contribution in [2.45, 2.75) is 95.1 Å². The number of halogens is 1. The highest BCUT2D eigenvalue weighted by Crippen LogP contribution is 2.70. The smallest absolute Gasteiger partial charge is 0.233 e. The second kappa shape index (κ2) is 7.87. The van der Waals surface area contributed by atoms with E-state index in [1.165, 1.54) is 0 Å². The molecule has 7 heteroatoms. The van der Waals surface area contributed by atoms with Crippen molar-refractivity contribution in [3.63, 3.8) is 0 Å². The molecule has 5 aliphatic rings. The van der Waals surface area contributed by atoms with Crippen LogP contribution in [0, 0.1) is 28.6 Å². The van der Waals surface area contributed by atoms with Crippen LogP contribution in [0.4, 0.5) is 10.1 Å². The SMILES string of the molecule is CC(C)(C)c1noc(C23CCCC(C2)C(CN(C(=O)C24CC(F)(C2)C4)c2cccc(C#N)c2)CC3)n1. The molecule has 0 saturated heterocycles. The number of rotatable bonds is 5. The monoisotopic (exact) mass is 490 g/mol. The molecule has 0 radical (unpaired) electrons. The lowest BCUT2D eigenvalue weighted by atomic mass is 9.42. The highest BCUT2D eigenvalue weighted by Gasteiger charge is 2.73. The number of fused-ring (bicyclic) bond motifs is 2. The first-order chi connectivity index (χ1) is 17.0. The van der Waals surface area contributed by atoms with Gasteiger partial charge in [-0.05, 0) is 75.0 Å². The molecular weight excluding hydrogens is 455 g/mol. The fraction of sp³-hybridized carbons (Fsp3) is 0.655. The molecule has 0 N–H and O–H groups in total. The maximum absolute atomic E-state index is 14.3. The standard InChI is InChI=1S/C29H35FN4O2/c1-26(2,3)23-32-24(36-33-23)27-10-5-7-20(13-27)21(9-11-27)15-34(22-8-4-6-19(12-22)14-31)25(35)28-16-29(30,17-28)18-28/h4,6,8,12,20-21H,5,7,9-11,13,15-18H2,1-3H3. The Labute approximate surface area is 212 Å². The third kappa shape index (κ3) is 3.67. The third-order valence-electron chi connectivity index (χ3n) is 9.46. The van der Waals surface area contributed by atoms with Crippen LogP contribution in [-0.4, -0.2) is 28.3 Å². The zero-order valence-corrected chi connectivity index (χ0v) is 21.5. The lowest BCUT2D eigenvalue weighted by Gasteiger charge is -2.65. The Morgan fingerprint density at radius 1 is 1.25 bits per heavy atom. The number of nitrogens with zero attached hydrogens (tertiary/aromatic N) is 4. The first-order valence-corrected chi connectivity index (χ1v) is 13.4. The average molecular weight is 491 g/mol. The van der Waals surface area contributed by atoms with Crippen molar-refractivity contribution < 1.29 is 13.7 Å². The van der Waals surface area contributed by atoms with Gasteiger partial charge in [0.15, 0.2) is 5.82 Å². The number of aromatic nitrogens is 2. The molecule has 6 nitrogen and oxygen atoms in total. The predicted molar refractivity (Wildman–Crippen MR) is 133 cm³/mol. The van der Waals surface area contributed by atoms with Crippen LogP contribution in [0.1, 0.15) is 95.8 Å². The normalized spacial score (nSPS) is 34.8. The molecule has 3 unspecified atom stereocenters. The summed E-state index contributed by atoms with van der Waals surface area (Å²) < 4.78 is 20.2. The molecule has 4 bridgehead atoms. The van der Waals surface area contributed by atoms with Gasteiger partial charge in [0.1, 0.15) is 5.67 Å². The Balaban J connectivity index is 1.25. The minimum Gasteiger partial charge on any atom is -0.339 e. The third-order valence-corrected chi connectivity index (χ3v) is 9.46. The number of amides is 1. The van der Waals surface area contributed by atoms with Crippen LogP contribution in [0.3, 0.4) is 0 Å². The molecular formula is C29H35FN4O2. The fourth-order valence-corrected chi connectivity index (χ4v) is 7.48. The second-order valence-corrected chi connectivity index (χ2v) is 13.1. The summed E-state index contributed by atoms with van der Waals surface area (Å²) in [6.45, 7) is 6.92. The summed E-state index contributed by atoms with van der Waals surface area (Å²) in [6, 6.07) is 9.50. The summed E-state index contributed by atoms with van der Waals surface area (Å²) in [6.07, 6.45) is 7.30. The van der Waals surface area contributed by atoms with Gasteiger partial charge in [0, 0.05) is 23.1 Å². The molecule has 5 saturated carbocycles. The van der Waals surface area contributed by atoms with Crippen molar-refractivity contribution in [1.82, 2.24) is 10.1 Å². The summed E-state index contributed by atoms with van der Waals surface area (Å²) in [5.41, 5.74) is -0.593. The van der Waals surface area contributed by atoms with Gasteiger partial charge in [-0.15, -0.1) is 0 Å². The number of carbonyl (C=O) groups excluding carboxylic acids is 1. The van der Waals surface area contributed by atoms with E-state index in [0.717, 1.165) is 55.9 Å². The number of anilines is 1. The largest absolute Gasteiger partial charge is 0.339 e. The Morgan fingerprint density at radius 2 is 2.03 bits per heavy atom. The van der Waals surface area contributed by atoms with Crippen molar-refractivity contribution >= 4 is 11.6 Å². The summed E-state index contributed by atoms with van der Waals surface area (Å²) in [4.78, 5) is 20.5. The van der Waals surface area contributed by atoms with E-state index in [0.29, 0.717) is 43.2 Å². The van der Waals surface area contributed by atoms with E-state index >= 15 is 0 Å². The van der Waals surface area contributed by atoms with Crippen LogP contribution in [0.5, 0.6) is 0 Å². The van der Waals surface area contributed by atoms with Crippen molar-refractivity contribution in [3.05, 3.63) is 41.5 Å². The maximum Gasteiger partial charge on any atom is 0.233 e. The van der Waals surface area contributed by atoms with Gasteiger partial charge in [-0.1, -0.05) is 44.8 Å². The van der Waals surface area contributed by atoms with Gasteiger partial charge in [0.2, 0.25) is 11.8 Å². The van der Waals surface area contributed by atoms with E-state index in [1.54, 1.807) is 12.1 Å². The molecule has 1 heterocycles. The van der Waals surface area contributed by atoms with E-state index in [2.05, 4.69) is 32.0 Å². The topological polar surface area (TPSA) is 83.0 Å². The summed E-state index contributed by atoms with van der Waals surface area (Å²) in [7, 11) is 0. The molecule has 3 atom stereocenters. The van der Waals surface area contributed by atoms with Gasteiger partial charge in [-0.3, -0.25) is 4.79 Å². The average Bonchev–Trinajstić information content (AvgIpc) is 3.33. The molecule has 5 aliphatic carbocycles. The molecule has 7 rings (SSSR count). The Bertz CT molecular complexity index is 1220. The number of carbonyl (C=O) groups is 1. The van der Waals surface area contributed by atoms with Gasteiger partial charge in [-0.25, -0.2) is 4.39 Å². The van der Waals surface area contributed by atoms with Gasteiger partial charge >= 0.3 is 0 Å². The number of nitriles is 1. The zero-order valence-electron chi connectivity index (χ0n) is 21.5. The quantitative estimate of drug-likeness (QED) is 0.513. The molecule has 190 valence electrons. The van der Waals surface area contributed by atoms with E-state index in [1.807, 2.05) is 17.0 Å². The van der Waals surface area contributed by atoms with Crippen LogP contribution in [0.2, 0.25) is 0 Å². The first-order valence-electron chi connectivity index (χ1n) is 13.4. The van der Waals surface area contributed by atoms with E-state index in [4.69, 9.17) is 9.51 Å². The Morgan fingerprint density at radius 3 is 2.69 bits per heavy atom. The minimum absolute atomic E-state index is 0.0384. The first kappa shape index (κ1) is 23.6. The highest BCUT2D eigenvalue weighted by molar-refractivity contribution is 6.00. The number of alkyl halides is 1. The molecule has 1 aromatic heterocycles. The summed E-state index contributed by atoms with van der Waals surface area (Å²) in [5, 5.41) is 13.8. The lowest BCUT2D eigenvalue weighted by Crippen LogP contribution is -2.70. The van der Waals surface area contributed by atoms with Crippen LogP contribution in [-0.2, 0) is 15.6 Å². The van der Waals surface area contributed by atoms with E-state index in [9.17, 15) is 14.4 Å². The van der Waals surface area contributed by atoms with Crippen molar-refractivity contribution in [2.75, 3.05) is 11.4 Å². The minimum atomic E-state index is -1.13. The highest BCUT2D eigenvalue weighted by atomic mass is 19.1. The molecule has 1 amide bonds. The number of hydrogen-bond acceptors (Lipinski definition) is 5. The fourth-order valence-electron chi connectivity index (χ4n) is 7.48. The van der Waals surface area contributed by atoms with Crippen LogP contribution < -0.4 is 4.90 Å².